The number of rotatable bonds is 8. The number of hydrogen-bond donors (Lipinski definition) is 0. The van der Waals surface area contributed by atoms with Gasteiger partial charge in [-0.1, -0.05) is 6.07 Å². The molecule has 0 spiro atoms. The van der Waals surface area contributed by atoms with Crippen molar-refractivity contribution in [1.29, 1.82) is 0 Å². The third kappa shape index (κ3) is 4.61. The van der Waals surface area contributed by atoms with Gasteiger partial charge in [-0.2, -0.15) is 13.9 Å². The first kappa shape index (κ1) is 17.5. The normalized spacial score (nSPS) is 13.7. The monoisotopic (exact) mass is 371 g/mol. The van der Waals surface area contributed by atoms with Crippen LogP contribution in [0, 0.1) is 5.92 Å². The number of aromatic nitrogens is 3. The van der Waals surface area contributed by atoms with E-state index in [-0.39, 0.29) is 5.75 Å². The standard InChI is InChI=1S/C20H19F2N3O2/c21-20(22)27-18-4-3-15(11-19(18)26-13-14-1-2-14)12-25-10-7-17(24-25)16-5-8-23-9-6-16/h3-11,14,20H,1-2,12-13H2. The summed E-state index contributed by atoms with van der Waals surface area (Å²) >= 11 is 0. The number of pyridine rings is 1. The molecule has 140 valence electrons. The van der Waals surface area contributed by atoms with Gasteiger partial charge in [0.15, 0.2) is 11.5 Å². The molecule has 4 rings (SSSR count). The average molecular weight is 371 g/mol. The summed E-state index contributed by atoms with van der Waals surface area (Å²) in [6.07, 6.45) is 7.56. The molecular formula is C20H19F2N3O2. The molecule has 2 aromatic heterocycles. The Labute approximate surface area is 155 Å². The molecule has 0 N–H and O–H groups in total. The van der Waals surface area contributed by atoms with E-state index in [0.29, 0.717) is 24.8 Å². The molecule has 0 atom stereocenters. The van der Waals surface area contributed by atoms with Crippen LogP contribution in [0.4, 0.5) is 8.78 Å². The SMILES string of the molecule is FC(F)Oc1ccc(Cn2ccc(-c3ccncc3)n2)cc1OCC1CC1. The van der Waals surface area contributed by atoms with Crippen LogP contribution in [0.15, 0.2) is 55.0 Å². The third-order valence-electron chi connectivity index (χ3n) is 4.36. The average Bonchev–Trinajstić information content (AvgIpc) is 3.39. The van der Waals surface area contributed by atoms with E-state index in [1.54, 1.807) is 29.2 Å². The summed E-state index contributed by atoms with van der Waals surface area (Å²) < 4.78 is 37.3. The molecule has 1 fully saturated rings. The maximum absolute atomic E-state index is 12.6. The smallest absolute Gasteiger partial charge is 0.387 e. The Morgan fingerprint density at radius 2 is 1.89 bits per heavy atom. The zero-order chi connectivity index (χ0) is 18.6. The molecular weight excluding hydrogens is 352 g/mol. The van der Waals surface area contributed by atoms with Crippen LogP contribution < -0.4 is 9.47 Å². The molecule has 5 nitrogen and oxygen atoms in total. The number of benzene rings is 1. The molecule has 7 heteroatoms. The van der Waals surface area contributed by atoms with Crippen molar-refractivity contribution in [1.82, 2.24) is 14.8 Å². The Bertz CT molecular complexity index is 895. The van der Waals surface area contributed by atoms with Crippen molar-refractivity contribution in [2.24, 2.45) is 5.92 Å². The first-order valence-electron chi connectivity index (χ1n) is 8.82. The van der Waals surface area contributed by atoms with Crippen LogP contribution in [0.5, 0.6) is 11.5 Å². The molecule has 0 saturated heterocycles. The topological polar surface area (TPSA) is 49.2 Å². The molecule has 0 unspecified atom stereocenters. The van der Waals surface area contributed by atoms with E-state index < -0.39 is 6.61 Å². The van der Waals surface area contributed by atoms with Crippen LogP contribution in [0.2, 0.25) is 0 Å². The molecule has 1 saturated carbocycles. The van der Waals surface area contributed by atoms with Crippen molar-refractivity contribution in [3.05, 3.63) is 60.6 Å². The quantitative estimate of drug-likeness (QED) is 0.589. The van der Waals surface area contributed by atoms with Gasteiger partial charge in [-0.05, 0) is 54.7 Å². The lowest BCUT2D eigenvalue weighted by atomic mass is 10.2. The highest BCUT2D eigenvalue weighted by atomic mass is 19.3. The Balaban J connectivity index is 1.51. The van der Waals surface area contributed by atoms with Gasteiger partial charge in [0, 0.05) is 24.2 Å². The predicted octanol–water partition coefficient (Wildman–Crippen LogP) is 4.38. The maximum atomic E-state index is 12.6. The molecule has 2 heterocycles. The Kier molecular flexibility index (Phi) is 5.00. The highest BCUT2D eigenvalue weighted by Crippen LogP contribution is 2.34. The zero-order valence-corrected chi connectivity index (χ0v) is 14.6. The zero-order valence-electron chi connectivity index (χ0n) is 14.6. The minimum absolute atomic E-state index is 0.0624. The molecule has 0 aliphatic heterocycles. The van der Waals surface area contributed by atoms with E-state index >= 15 is 0 Å². The summed E-state index contributed by atoms with van der Waals surface area (Å²) in [6, 6.07) is 10.7. The second-order valence-corrected chi connectivity index (χ2v) is 6.55. The van der Waals surface area contributed by atoms with Gasteiger partial charge in [-0.25, -0.2) is 0 Å². The van der Waals surface area contributed by atoms with Crippen LogP contribution in [-0.2, 0) is 6.54 Å². The number of alkyl halides is 2. The lowest BCUT2D eigenvalue weighted by molar-refractivity contribution is -0.0515. The summed E-state index contributed by atoms with van der Waals surface area (Å²) in [5.41, 5.74) is 2.73. The van der Waals surface area contributed by atoms with E-state index in [9.17, 15) is 8.78 Å². The lowest BCUT2D eigenvalue weighted by Crippen LogP contribution is -2.07. The maximum Gasteiger partial charge on any atom is 0.387 e. The molecule has 0 bridgehead atoms. The van der Waals surface area contributed by atoms with Crippen LogP contribution >= 0.6 is 0 Å². The van der Waals surface area contributed by atoms with E-state index in [1.807, 2.05) is 24.4 Å². The van der Waals surface area contributed by atoms with Gasteiger partial charge in [0.05, 0.1) is 18.8 Å². The van der Waals surface area contributed by atoms with Gasteiger partial charge in [0.1, 0.15) is 0 Å². The van der Waals surface area contributed by atoms with Crippen LogP contribution in [-0.4, -0.2) is 28.0 Å². The van der Waals surface area contributed by atoms with Crippen molar-refractivity contribution in [2.45, 2.75) is 26.0 Å². The van der Waals surface area contributed by atoms with Crippen LogP contribution in [0.1, 0.15) is 18.4 Å². The van der Waals surface area contributed by atoms with Gasteiger partial charge >= 0.3 is 6.61 Å². The van der Waals surface area contributed by atoms with E-state index in [2.05, 4.69) is 14.8 Å². The van der Waals surface area contributed by atoms with Gasteiger partial charge in [0.2, 0.25) is 0 Å². The largest absolute Gasteiger partial charge is 0.489 e. The molecule has 1 aliphatic rings. The van der Waals surface area contributed by atoms with Gasteiger partial charge in [0.25, 0.3) is 0 Å². The summed E-state index contributed by atoms with van der Waals surface area (Å²) in [6.45, 7) is -1.86. The van der Waals surface area contributed by atoms with E-state index in [1.165, 1.54) is 6.07 Å². The summed E-state index contributed by atoms with van der Waals surface area (Å²) in [7, 11) is 0. The summed E-state index contributed by atoms with van der Waals surface area (Å²) in [5, 5.41) is 4.56. The molecule has 1 aromatic carbocycles. The van der Waals surface area contributed by atoms with Crippen molar-refractivity contribution < 1.29 is 18.3 Å². The fourth-order valence-electron chi connectivity index (χ4n) is 2.76. The number of hydrogen-bond acceptors (Lipinski definition) is 4. The van der Waals surface area contributed by atoms with Gasteiger partial charge in [-0.15, -0.1) is 0 Å². The van der Waals surface area contributed by atoms with Crippen molar-refractivity contribution in [3.8, 4) is 22.8 Å². The Morgan fingerprint density at radius 3 is 2.63 bits per heavy atom. The fraction of sp³-hybridized carbons (Fsp3) is 0.300. The minimum Gasteiger partial charge on any atom is -0.489 e. The summed E-state index contributed by atoms with van der Waals surface area (Å²) in [5.74, 6) is 0.927. The van der Waals surface area contributed by atoms with Crippen molar-refractivity contribution in [3.63, 3.8) is 0 Å². The second kappa shape index (κ2) is 7.73. The molecule has 0 amide bonds. The molecule has 3 aromatic rings. The fourth-order valence-corrected chi connectivity index (χ4v) is 2.76. The first-order valence-corrected chi connectivity index (χ1v) is 8.82. The van der Waals surface area contributed by atoms with Gasteiger partial charge < -0.3 is 9.47 Å². The molecule has 27 heavy (non-hydrogen) atoms. The van der Waals surface area contributed by atoms with Crippen LogP contribution in [0.3, 0.4) is 0 Å². The number of nitrogens with zero attached hydrogens (tertiary/aromatic N) is 3. The van der Waals surface area contributed by atoms with Crippen LogP contribution in [0.25, 0.3) is 11.3 Å². The third-order valence-corrected chi connectivity index (χ3v) is 4.36. The first-order chi connectivity index (χ1) is 13.2. The lowest BCUT2D eigenvalue weighted by Gasteiger charge is -2.13. The summed E-state index contributed by atoms with van der Waals surface area (Å²) in [4.78, 5) is 4.00. The predicted molar refractivity (Wildman–Crippen MR) is 95.9 cm³/mol. The molecule has 0 radical (unpaired) electrons. The van der Waals surface area contributed by atoms with E-state index in [4.69, 9.17) is 4.74 Å². The number of halogens is 2. The highest BCUT2D eigenvalue weighted by molar-refractivity contribution is 5.57. The minimum atomic E-state index is -2.88. The van der Waals surface area contributed by atoms with E-state index in [0.717, 1.165) is 29.7 Å². The van der Waals surface area contributed by atoms with Gasteiger partial charge in [-0.3, -0.25) is 9.67 Å². The highest BCUT2D eigenvalue weighted by Gasteiger charge is 2.23. The Morgan fingerprint density at radius 1 is 1.07 bits per heavy atom. The Hall–Kier alpha value is -2.96. The number of ether oxygens (including phenoxy) is 2. The van der Waals surface area contributed by atoms with Crippen molar-refractivity contribution in [2.75, 3.05) is 6.61 Å². The van der Waals surface area contributed by atoms with Crippen molar-refractivity contribution >= 4 is 0 Å². The second-order valence-electron chi connectivity index (χ2n) is 6.55. The molecule has 1 aliphatic carbocycles.